The van der Waals surface area contributed by atoms with E-state index in [4.69, 9.17) is 0 Å². The summed E-state index contributed by atoms with van der Waals surface area (Å²) in [5.41, 5.74) is 1.93. The molecule has 166 valence electrons. The lowest BCUT2D eigenvalue weighted by Gasteiger charge is -2.37. The molecule has 0 aliphatic carbocycles. The molecule has 0 radical (unpaired) electrons. The van der Waals surface area contributed by atoms with Crippen molar-refractivity contribution in [2.75, 3.05) is 43.1 Å². The second-order valence-electron chi connectivity index (χ2n) is 7.36. The van der Waals surface area contributed by atoms with E-state index in [9.17, 15) is 13.2 Å². The van der Waals surface area contributed by atoms with Crippen molar-refractivity contribution < 1.29 is 13.2 Å². The number of hydrogen-bond donors (Lipinski definition) is 1. The summed E-state index contributed by atoms with van der Waals surface area (Å²) < 4.78 is 27.8. The van der Waals surface area contributed by atoms with Gasteiger partial charge in [-0.1, -0.05) is 48.5 Å². The summed E-state index contributed by atoms with van der Waals surface area (Å²) in [5, 5.41) is 1.13. The van der Waals surface area contributed by atoms with Crippen LogP contribution in [0.3, 0.4) is 0 Å². The van der Waals surface area contributed by atoms with Crippen LogP contribution in [0.4, 0.5) is 5.69 Å². The Morgan fingerprint density at radius 2 is 1.65 bits per heavy atom. The Balaban J connectivity index is 1.63. The Kier molecular flexibility index (Phi) is 8.57. The van der Waals surface area contributed by atoms with Crippen molar-refractivity contribution >= 4 is 39.5 Å². The van der Waals surface area contributed by atoms with E-state index in [1.54, 1.807) is 16.7 Å². The molecule has 1 fully saturated rings. The van der Waals surface area contributed by atoms with Crippen LogP contribution >= 0.6 is 11.8 Å². The number of amides is 1. The van der Waals surface area contributed by atoms with Gasteiger partial charge in [0.1, 0.15) is 6.04 Å². The van der Waals surface area contributed by atoms with E-state index in [1.807, 2.05) is 54.8 Å². The molecule has 0 aromatic heterocycles. The van der Waals surface area contributed by atoms with Gasteiger partial charge in [0.05, 0.1) is 0 Å². The Bertz CT molecular complexity index is 958. The average Bonchev–Trinajstić information content (AvgIpc) is 2.81. The van der Waals surface area contributed by atoms with E-state index in [-0.39, 0.29) is 5.91 Å². The van der Waals surface area contributed by atoms with Gasteiger partial charge in [0.25, 0.3) is 0 Å². The maximum Gasteiger partial charge on any atom is 0.240 e. The molecule has 0 bridgehead atoms. The number of sulfonamides is 1. The first-order valence-electron chi connectivity index (χ1n) is 10.3. The molecule has 3 rings (SSSR count). The van der Waals surface area contributed by atoms with Gasteiger partial charge in [0, 0.05) is 37.3 Å². The van der Waals surface area contributed by atoms with Crippen LogP contribution < -0.4 is 9.62 Å². The van der Waals surface area contributed by atoms with E-state index < -0.39 is 16.1 Å². The number of nitrogens with zero attached hydrogens (tertiary/aromatic N) is 2. The minimum Gasteiger partial charge on any atom is -0.368 e. The molecule has 31 heavy (non-hydrogen) atoms. The molecule has 1 amide bonds. The van der Waals surface area contributed by atoms with Crippen molar-refractivity contribution in [2.24, 2.45) is 0 Å². The molecular weight excluding hydrogens is 430 g/mol. The van der Waals surface area contributed by atoms with Gasteiger partial charge in [-0.2, -0.15) is 16.5 Å². The standard InChI is InChI=1S/C23H29N3O3S2/c1-30-18-12-22(24-31(28,29)19-13-20-8-4-2-5-9-20)23(27)26-16-14-25(15-17-26)21-10-6-3-7-11-21/h2-11,13,19,22,24H,12,14-18H2,1H3/b19-13+. The van der Waals surface area contributed by atoms with Gasteiger partial charge in [0.2, 0.25) is 15.9 Å². The molecule has 1 saturated heterocycles. The number of rotatable bonds is 9. The lowest BCUT2D eigenvalue weighted by Crippen LogP contribution is -2.55. The number of carbonyl (C=O) groups excluding carboxylic acids is 1. The normalized spacial score (nSPS) is 15.9. The zero-order chi connectivity index (χ0) is 22.1. The third kappa shape index (κ3) is 7.12. The molecule has 1 atom stereocenters. The molecule has 0 spiro atoms. The molecule has 6 nitrogen and oxygen atoms in total. The van der Waals surface area contributed by atoms with Crippen molar-refractivity contribution in [1.29, 1.82) is 0 Å². The number of benzene rings is 2. The van der Waals surface area contributed by atoms with Crippen LogP contribution in [-0.2, 0) is 14.8 Å². The minimum absolute atomic E-state index is 0.154. The molecule has 1 aliphatic heterocycles. The predicted molar refractivity (Wildman–Crippen MR) is 130 cm³/mol. The lowest BCUT2D eigenvalue weighted by molar-refractivity contribution is -0.133. The number of hydrogen-bond acceptors (Lipinski definition) is 5. The monoisotopic (exact) mass is 459 g/mol. The minimum atomic E-state index is -3.74. The first kappa shape index (κ1) is 23.4. The van der Waals surface area contributed by atoms with Crippen molar-refractivity contribution in [2.45, 2.75) is 12.5 Å². The third-order valence-corrected chi connectivity index (χ3v) is 6.92. The summed E-state index contributed by atoms with van der Waals surface area (Å²) in [4.78, 5) is 17.2. The fourth-order valence-electron chi connectivity index (χ4n) is 3.48. The summed E-state index contributed by atoms with van der Waals surface area (Å²) in [6, 6.07) is 18.6. The highest BCUT2D eigenvalue weighted by Gasteiger charge is 2.29. The topological polar surface area (TPSA) is 69.7 Å². The average molecular weight is 460 g/mol. The summed E-state index contributed by atoms with van der Waals surface area (Å²) in [6.45, 7) is 2.60. The highest BCUT2D eigenvalue weighted by molar-refractivity contribution is 7.98. The Labute approximate surface area is 189 Å². The summed E-state index contributed by atoms with van der Waals surface area (Å²) in [7, 11) is -3.74. The van der Waals surface area contributed by atoms with Crippen LogP contribution in [0.1, 0.15) is 12.0 Å². The molecule has 2 aromatic rings. The van der Waals surface area contributed by atoms with E-state index in [0.29, 0.717) is 25.3 Å². The molecule has 1 unspecified atom stereocenters. The Morgan fingerprint density at radius 3 is 2.26 bits per heavy atom. The molecule has 1 aliphatic rings. The molecular formula is C23H29N3O3S2. The van der Waals surface area contributed by atoms with Crippen LogP contribution in [0.15, 0.2) is 66.1 Å². The van der Waals surface area contributed by atoms with E-state index in [2.05, 4.69) is 21.8 Å². The maximum atomic E-state index is 13.1. The number of carbonyl (C=O) groups is 1. The van der Waals surface area contributed by atoms with Gasteiger partial charge in [-0.15, -0.1) is 0 Å². The SMILES string of the molecule is CSCCC(NS(=O)(=O)/C=C/c1ccccc1)C(=O)N1CCN(c2ccccc2)CC1. The van der Waals surface area contributed by atoms with Crippen LogP contribution in [0.2, 0.25) is 0 Å². The fourth-order valence-corrected chi connectivity index (χ4v) is 4.98. The molecule has 1 heterocycles. The van der Waals surface area contributed by atoms with Gasteiger partial charge in [-0.3, -0.25) is 4.79 Å². The van der Waals surface area contributed by atoms with Gasteiger partial charge in [-0.05, 0) is 42.2 Å². The number of anilines is 1. The van der Waals surface area contributed by atoms with Crippen LogP contribution in [0, 0.1) is 0 Å². The largest absolute Gasteiger partial charge is 0.368 e. The zero-order valence-electron chi connectivity index (χ0n) is 17.7. The fraction of sp³-hybridized carbons (Fsp3) is 0.348. The first-order valence-corrected chi connectivity index (χ1v) is 13.3. The van der Waals surface area contributed by atoms with Crippen molar-refractivity contribution in [3.05, 3.63) is 71.6 Å². The highest BCUT2D eigenvalue weighted by atomic mass is 32.2. The third-order valence-electron chi connectivity index (χ3n) is 5.17. The number of para-hydroxylation sites is 1. The highest BCUT2D eigenvalue weighted by Crippen LogP contribution is 2.17. The molecule has 8 heteroatoms. The molecule has 0 saturated carbocycles. The smallest absolute Gasteiger partial charge is 0.240 e. The Morgan fingerprint density at radius 1 is 1.03 bits per heavy atom. The van der Waals surface area contributed by atoms with Gasteiger partial charge in [0.15, 0.2) is 0 Å². The molecule has 1 N–H and O–H groups in total. The van der Waals surface area contributed by atoms with Crippen LogP contribution in [0.25, 0.3) is 6.08 Å². The summed E-state index contributed by atoms with van der Waals surface area (Å²) in [5.74, 6) is 0.545. The lowest BCUT2D eigenvalue weighted by atomic mass is 10.2. The zero-order valence-corrected chi connectivity index (χ0v) is 19.3. The first-order chi connectivity index (χ1) is 15.0. The number of thioether (sulfide) groups is 1. The van der Waals surface area contributed by atoms with Crippen molar-refractivity contribution in [3.63, 3.8) is 0 Å². The van der Waals surface area contributed by atoms with E-state index in [0.717, 1.165) is 29.7 Å². The second kappa shape index (κ2) is 11.4. The van der Waals surface area contributed by atoms with Gasteiger partial charge >= 0.3 is 0 Å². The summed E-state index contributed by atoms with van der Waals surface area (Å²) >= 11 is 1.60. The second-order valence-corrected chi connectivity index (χ2v) is 9.94. The van der Waals surface area contributed by atoms with Crippen LogP contribution in [0.5, 0.6) is 0 Å². The van der Waals surface area contributed by atoms with Crippen LogP contribution in [-0.4, -0.2) is 63.5 Å². The molecule has 2 aromatic carbocycles. The van der Waals surface area contributed by atoms with E-state index in [1.165, 1.54) is 6.08 Å². The van der Waals surface area contributed by atoms with E-state index >= 15 is 0 Å². The predicted octanol–water partition coefficient (Wildman–Crippen LogP) is 3.05. The van der Waals surface area contributed by atoms with Gasteiger partial charge in [-0.25, -0.2) is 8.42 Å². The van der Waals surface area contributed by atoms with Crippen molar-refractivity contribution in [1.82, 2.24) is 9.62 Å². The van der Waals surface area contributed by atoms with Gasteiger partial charge < -0.3 is 9.80 Å². The summed E-state index contributed by atoms with van der Waals surface area (Å²) in [6.07, 6.45) is 3.94. The Hall–Kier alpha value is -2.29. The number of nitrogens with one attached hydrogen (secondary N) is 1. The van der Waals surface area contributed by atoms with Crippen molar-refractivity contribution in [3.8, 4) is 0 Å². The quantitative estimate of drug-likeness (QED) is 0.624. The number of piperazine rings is 1. The maximum absolute atomic E-state index is 13.1.